The van der Waals surface area contributed by atoms with Gasteiger partial charge in [0.15, 0.2) is 0 Å². The Balaban J connectivity index is 1.79. The van der Waals surface area contributed by atoms with Gasteiger partial charge in [-0.25, -0.2) is 0 Å². The highest BCUT2D eigenvalue weighted by Crippen LogP contribution is 2.09. The van der Waals surface area contributed by atoms with E-state index < -0.39 is 0 Å². The summed E-state index contributed by atoms with van der Waals surface area (Å²) in [5, 5.41) is 4.21. The molecule has 118 valence electrons. The second kappa shape index (κ2) is 8.14. The number of aryl methyl sites for hydroxylation is 1. The summed E-state index contributed by atoms with van der Waals surface area (Å²) in [6.07, 6.45) is 6.36. The predicted molar refractivity (Wildman–Crippen MR) is 83.1 cm³/mol. The minimum atomic E-state index is 0.0561. The maximum Gasteiger partial charge on any atom is 0.274 e. The van der Waals surface area contributed by atoms with Crippen LogP contribution in [0.15, 0.2) is 12.3 Å². The van der Waals surface area contributed by atoms with E-state index in [1.807, 2.05) is 18.1 Å². The molecule has 2 heterocycles. The normalized spacial score (nSPS) is 17.0. The molecule has 0 atom stereocenters. The van der Waals surface area contributed by atoms with Crippen LogP contribution >= 0.6 is 0 Å². The van der Waals surface area contributed by atoms with E-state index in [1.54, 1.807) is 10.7 Å². The maximum absolute atomic E-state index is 12.4. The Morgan fingerprint density at radius 2 is 2.10 bits per heavy atom. The Morgan fingerprint density at radius 1 is 1.24 bits per heavy atom. The summed E-state index contributed by atoms with van der Waals surface area (Å²) >= 11 is 0. The van der Waals surface area contributed by atoms with Gasteiger partial charge >= 0.3 is 0 Å². The van der Waals surface area contributed by atoms with Crippen LogP contribution in [0.3, 0.4) is 0 Å². The molecule has 1 aromatic heterocycles. The van der Waals surface area contributed by atoms with Gasteiger partial charge in [0.25, 0.3) is 5.91 Å². The Morgan fingerprint density at radius 3 is 2.81 bits per heavy atom. The number of nitrogens with zero attached hydrogens (tertiary/aromatic N) is 4. The Bertz CT molecular complexity index is 445. The third kappa shape index (κ3) is 4.82. The Hall–Kier alpha value is -1.40. The molecular formula is C15H27N5O. The van der Waals surface area contributed by atoms with Gasteiger partial charge in [-0.1, -0.05) is 6.42 Å². The summed E-state index contributed by atoms with van der Waals surface area (Å²) in [6, 6.07) is 1.79. The molecule has 1 amide bonds. The molecule has 2 rings (SSSR count). The molecule has 0 spiro atoms. The average Bonchev–Trinajstić information content (AvgIpc) is 2.78. The number of hydrogen-bond acceptors (Lipinski definition) is 4. The molecule has 0 aliphatic carbocycles. The second-order valence-electron chi connectivity index (χ2n) is 5.71. The monoisotopic (exact) mass is 293 g/mol. The van der Waals surface area contributed by atoms with Crippen LogP contribution in [0.25, 0.3) is 0 Å². The molecule has 1 saturated heterocycles. The summed E-state index contributed by atoms with van der Waals surface area (Å²) in [5.74, 6) is 0.0561. The van der Waals surface area contributed by atoms with Gasteiger partial charge in [-0.15, -0.1) is 0 Å². The summed E-state index contributed by atoms with van der Waals surface area (Å²) in [7, 11) is 1.84. The standard InChI is InChI=1S/C15H27N5O/c1-18-11-6-14(17-18)15(21)20-10-5-9-19(12-13-20)8-4-2-3-7-16/h6,11H,2-5,7-10,12-13,16H2,1H3. The van der Waals surface area contributed by atoms with Crippen molar-refractivity contribution in [2.75, 3.05) is 39.3 Å². The Kier molecular flexibility index (Phi) is 6.20. The van der Waals surface area contributed by atoms with E-state index >= 15 is 0 Å². The summed E-state index contributed by atoms with van der Waals surface area (Å²) in [6.45, 7) is 5.56. The molecule has 1 aliphatic rings. The average molecular weight is 293 g/mol. The fourth-order valence-corrected chi connectivity index (χ4v) is 2.75. The van der Waals surface area contributed by atoms with Crippen molar-refractivity contribution >= 4 is 5.91 Å². The first-order valence-electron chi connectivity index (χ1n) is 7.92. The SMILES string of the molecule is Cn1ccc(C(=O)N2CCCN(CCCCCN)CC2)n1. The first-order chi connectivity index (χ1) is 10.2. The van der Waals surface area contributed by atoms with Crippen molar-refractivity contribution in [3.05, 3.63) is 18.0 Å². The van der Waals surface area contributed by atoms with E-state index in [0.29, 0.717) is 5.69 Å². The zero-order valence-corrected chi connectivity index (χ0v) is 13.0. The molecule has 6 heteroatoms. The number of carbonyl (C=O) groups excluding carboxylic acids is 1. The van der Waals surface area contributed by atoms with Crippen molar-refractivity contribution in [1.29, 1.82) is 0 Å². The van der Waals surface area contributed by atoms with E-state index in [2.05, 4.69) is 10.00 Å². The molecule has 0 bridgehead atoms. The van der Waals surface area contributed by atoms with Gasteiger partial charge in [0.1, 0.15) is 5.69 Å². The van der Waals surface area contributed by atoms with E-state index in [-0.39, 0.29) is 5.91 Å². The number of nitrogens with two attached hydrogens (primary N) is 1. The van der Waals surface area contributed by atoms with Crippen LogP contribution in [0.4, 0.5) is 0 Å². The number of hydrogen-bond donors (Lipinski definition) is 1. The fraction of sp³-hybridized carbons (Fsp3) is 0.733. The first kappa shape index (κ1) is 16.0. The molecule has 0 unspecified atom stereocenters. The zero-order chi connectivity index (χ0) is 15.1. The highest BCUT2D eigenvalue weighted by atomic mass is 16.2. The molecule has 0 saturated carbocycles. The van der Waals surface area contributed by atoms with Crippen molar-refractivity contribution in [1.82, 2.24) is 19.6 Å². The van der Waals surface area contributed by atoms with Gasteiger partial charge in [-0.3, -0.25) is 9.48 Å². The predicted octanol–water partition coefficient (Wildman–Crippen LogP) is 0.697. The molecule has 0 aromatic carbocycles. The third-order valence-corrected chi connectivity index (χ3v) is 3.99. The molecule has 6 nitrogen and oxygen atoms in total. The van der Waals surface area contributed by atoms with Crippen molar-refractivity contribution in [2.24, 2.45) is 12.8 Å². The lowest BCUT2D eigenvalue weighted by molar-refractivity contribution is 0.0754. The van der Waals surface area contributed by atoms with Crippen LogP contribution in [0.5, 0.6) is 0 Å². The van der Waals surface area contributed by atoms with Gasteiger partial charge in [0.2, 0.25) is 0 Å². The van der Waals surface area contributed by atoms with Crippen LogP contribution < -0.4 is 5.73 Å². The highest BCUT2D eigenvalue weighted by Gasteiger charge is 2.21. The molecule has 0 radical (unpaired) electrons. The summed E-state index contributed by atoms with van der Waals surface area (Å²) < 4.78 is 1.68. The number of rotatable bonds is 6. The van der Waals surface area contributed by atoms with Crippen molar-refractivity contribution in [2.45, 2.75) is 25.7 Å². The molecule has 2 N–H and O–H groups in total. The molecule has 1 fully saturated rings. The zero-order valence-electron chi connectivity index (χ0n) is 13.0. The van der Waals surface area contributed by atoms with Crippen LogP contribution in [0.1, 0.15) is 36.2 Å². The molecular weight excluding hydrogens is 266 g/mol. The van der Waals surface area contributed by atoms with Crippen LogP contribution in [-0.2, 0) is 7.05 Å². The minimum Gasteiger partial charge on any atom is -0.336 e. The second-order valence-corrected chi connectivity index (χ2v) is 5.71. The smallest absolute Gasteiger partial charge is 0.274 e. The first-order valence-corrected chi connectivity index (χ1v) is 7.92. The summed E-state index contributed by atoms with van der Waals surface area (Å²) in [5.41, 5.74) is 6.07. The van der Waals surface area contributed by atoms with E-state index in [9.17, 15) is 4.79 Å². The number of carbonyl (C=O) groups is 1. The topological polar surface area (TPSA) is 67.4 Å². The quantitative estimate of drug-likeness (QED) is 0.784. The molecule has 1 aromatic rings. The van der Waals surface area contributed by atoms with Crippen LogP contribution in [-0.4, -0.2) is 64.8 Å². The number of amides is 1. The lowest BCUT2D eigenvalue weighted by Crippen LogP contribution is -2.35. The minimum absolute atomic E-state index is 0.0561. The van der Waals surface area contributed by atoms with Gasteiger partial charge in [-0.2, -0.15) is 5.10 Å². The largest absolute Gasteiger partial charge is 0.336 e. The number of aromatic nitrogens is 2. The van der Waals surface area contributed by atoms with Crippen LogP contribution in [0.2, 0.25) is 0 Å². The van der Waals surface area contributed by atoms with Crippen molar-refractivity contribution < 1.29 is 4.79 Å². The lowest BCUT2D eigenvalue weighted by atomic mass is 10.2. The maximum atomic E-state index is 12.4. The van der Waals surface area contributed by atoms with E-state index in [4.69, 9.17) is 5.73 Å². The van der Waals surface area contributed by atoms with Crippen molar-refractivity contribution in [3.63, 3.8) is 0 Å². The molecule has 1 aliphatic heterocycles. The summed E-state index contributed by atoms with van der Waals surface area (Å²) in [4.78, 5) is 16.8. The van der Waals surface area contributed by atoms with Crippen LogP contribution in [0, 0.1) is 0 Å². The van der Waals surface area contributed by atoms with Gasteiger partial charge in [0, 0.05) is 32.9 Å². The van der Waals surface area contributed by atoms with Gasteiger partial charge in [-0.05, 0) is 45.0 Å². The highest BCUT2D eigenvalue weighted by molar-refractivity contribution is 5.92. The fourth-order valence-electron chi connectivity index (χ4n) is 2.75. The third-order valence-electron chi connectivity index (χ3n) is 3.99. The number of unbranched alkanes of at least 4 members (excludes halogenated alkanes) is 2. The van der Waals surface area contributed by atoms with Gasteiger partial charge in [0.05, 0.1) is 0 Å². The van der Waals surface area contributed by atoms with E-state index in [0.717, 1.165) is 52.1 Å². The van der Waals surface area contributed by atoms with Gasteiger partial charge < -0.3 is 15.5 Å². The van der Waals surface area contributed by atoms with E-state index in [1.165, 1.54) is 12.8 Å². The van der Waals surface area contributed by atoms with Crippen molar-refractivity contribution in [3.8, 4) is 0 Å². The lowest BCUT2D eigenvalue weighted by Gasteiger charge is -2.21. The Labute approximate surface area is 126 Å². The molecule has 21 heavy (non-hydrogen) atoms.